The molecule has 2 aromatic carbocycles. The molecule has 0 aliphatic carbocycles. The number of para-hydroxylation sites is 1. The molecular weight excluding hydrogens is 366 g/mol. The van der Waals surface area contributed by atoms with Crippen molar-refractivity contribution < 1.29 is 4.79 Å². The molecule has 0 saturated carbocycles. The highest BCUT2D eigenvalue weighted by Gasteiger charge is 2.10. The molecule has 26 heavy (non-hydrogen) atoms. The molecule has 1 N–H and O–H groups in total. The molecule has 0 saturated heterocycles. The molecular formula is C18H13N5OS2. The van der Waals surface area contributed by atoms with E-state index in [-0.39, 0.29) is 11.7 Å². The Bertz CT molecular complexity index is 1000. The first kappa shape index (κ1) is 16.6. The van der Waals surface area contributed by atoms with Crippen molar-refractivity contribution in [2.24, 2.45) is 0 Å². The number of hydrogen-bond acceptors (Lipinski definition) is 7. The number of aromatic nitrogens is 4. The van der Waals surface area contributed by atoms with Gasteiger partial charge in [-0.2, -0.15) is 0 Å². The van der Waals surface area contributed by atoms with Crippen LogP contribution in [0.4, 0.5) is 5.13 Å². The standard InChI is InChI=1S/C18H13N5OS2/c24-16(21-18-20-13-8-4-5-9-15(13)26-18)11-25-17-19-10-14(22-23-17)12-6-2-1-3-7-12/h1-10H,11H2,(H,20,21,24). The number of carbonyl (C=O) groups is 1. The number of fused-ring (bicyclic) bond motifs is 1. The molecule has 2 heterocycles. The fourth-order valence-electron chi connectivity index (χ4n) is 2.28. The van der Waals surface area contributed by atoms with E-state index in [1.807, 2.05) is 54.6 Å². The largest absolute Gasteiger partial charge is 0.301 e. The first-order valence-electron chi connectivity index (χ1n) is 7.81. The van der Waals surface area contributed by atoms with Crippen molar-refractivity contribution in [3.05, 3.63) is 60.8 Å². The molecule has 0 aliphatic rings. The molecule has 0 radical (unpaired) electrons. The van der Waals surface area contributed by atoms with Crippen LogP contribution in [-0.2, 0) is 4.79 Å². The second-order valence-corrected chi connectivity index (χ2v) is 7.29. The summed E-state index contributed by atoms with van der Waals surface area (Å²) in [6.45, 7) is 0. The van der Waals surface area contributed by atoms with Crippen LogP contribution >= 0.6 is 23.1 Å². The zero-order chi connectivity index (χ0) is 17.8. The topological polar surface area (TPSA) is 80.7 Å². The van der Waals surface area contributed by atoms with Gasteiger partial charge in [-0.25, -0.2) is 9.97 Å². The van der Waals surface area contributed by atoms with E-state index >= 15 is 0 Å². The van der Waals surface area contributed by atoms with Gasteiger partial charge in [0.2, 0.25) is 11.1 Å². The summed E-state index contributed by atoms with van der Waals surface area (Å²) in [7, 11) is 0. The van der Waals surface area contributed by atoms with Gasteiger partial charge in [0.05, 0.1) is 22.2 Å². The zero-order valence-electron chi connectivity index (χ0n) is 13.5. The SMILES string of the molecule is O=C(CSc1ncc(-c2ccccc2)nn1)Nc1nc2ccccc2s1. The number of anilines is 1. The van der Waals surface area contributed by atoms with Crippen LogP contribution in [-0.4, -0.2) is 31.8 Å². The maximum atomic E-state index is 12.1. The fraction of sp³-hybridized carbons (Fsp3) is 0.0556. The third kappa shape index (κ3) is 3.87. The maximum Gasteiger partial charge on any atom is 0.236 e. The van der Waals surface area contributed by atoms with Crippen molar-refractivity contribution in [2.75, 3.05) is 11.1 Å². The van der Waals surface area contributed by atoms with Gasteiger partial charge in [0, 0.05) is 5.56 Å². The first-order valence-corrected chi connectivity index (χ1v) is 9.61. The number of benzene rings is 2. The van der Waals surface area contributed by atoms with Crippen molar-refractivity contribution >= 4 is 44.4 Å². The molecule has 2 aromatic heterocycles. The Balaban J connectivity index is 1.35. The normalized spacial score (nSPS) is 10.8. The third-order valence-corrected chi connectivity index (χ3v) is 5.29. The van der Waals surface area contributed by atoms with Gasteiger partial charge in [0.25, 0.3) is 0 Å². The van der Waals surface area contributed by atoms with E-state index in [0.29, 0.717) is 16.0 Å². The number of nitrogens with zero attached hydrogens (tertiary/aromatic N) is 4. The predicted molar refractivity (Wildman–Crippen MR) is 104 cm³/mol. The Morgan fingerprint density at radius 1 is 1.04 bits per heavy atom. The molecule has 0 unspecified atom stereocenters. The van der Waals surface area contributed by atoms with Gasteiger partial charge in [-0.05, 0) is 12.1 Å². The summed E-state index contributed by atoms with van der Waals surface area (Å²) in [6, 6.07) is 17.5. The molecule has 4 aromatic rings. The number of thioether (sulfide) groups is 1. The number of rotatable bonds is 5. The van der Waals surface area contributed by atoms with Gasteiger partial charge in [-0.1, -0.05) is 65.6 Å². The van der Waals surface area contributed by atoms with Crippen LogP contribution in [0.3, 0.4) is 0 Å². The number of amides is 1. The molecule has 0 atom stereocenters. The van der Waals surface area contributed by atoms with Crippen LogP contribution in [0.5, 0.6) is 0 Å². The Morgan fingerprint density at radius 2 is 1.85 bits per heavy atom. The van der Waals surface area contributed by atoms with Crippen molar-refractivity contribution in [2.45, 2.75) is 5.16 Å². The highest BCUT2D eigenvalue weighted by Crippen LogP contribution is 2.25. The summed E-state index contributed by atoms with van der Waals surface area (Å²) in [5, 5.41) is 12.1. The summed E-state index contributed by atoms with van der Waals surface area (Å²) in [5.41, 5.74) is 2.54. The van der Waals surface area contributed by atoms with Gasteiger partial charge in [0.15, 0.2) is 5.13 Å². The van der Waals surface area contributed by atoms with Crippen molar-refractivity contribution in [1.82, 2.24) is 20.2 Å². The van der Waals surface area contributed by atoms with Crippen LogP contribution in [0.2, 0.25) is 0 Å². The highest BCUT2D eigenvalue weighted by atomic mass is 32.2. The minimum absolute atomic E-state index is 0.148. The maximum absolute atomic E-state index is 12.1. The average Bonchev–Trinajstić information content (AvgIpc) is 3.09. The average molecular weight is 379 g/mol. The summed E-state index contributed by atoms with van der Waals surface area (Å²) >= 11 is 2.69. The van der Waals surface area contributed by atoms with E-state index in [2.05, 4.69) is 25.5 Å². The molecule has 8 heteroatoms. The second kappa shape index (κ2) is 7.59. The zero-order valence-corrected chi connectivity index (χ0v) is 15.1. The van der Waals surface area contributed by atoms with E-state index in [1.54, 1.807) is 6.20 Å². The van der Waals surface area contributed by atoms with E-state index in [1.165, 1.54) is 23.1 Å². The van der Waals surface area contributed by atoms with Gasteiger partial charge in [0.1, 0.15) is 5.69 Å². The van der Waals surface area contributed by atoms with Crippen molar-refractivity contribution in [1.29, 1.82) is 0 Å². The lowest BCUT2D eigenvalue weighted by molar-refractivity contribution is -0.113. The molecule has 1 amide bonds. The summed E-state index contributed by atoms with van der Waals surface area (Å²) < 4.78 is 1.04. The van der Waals surface area contributed by atoms with E-state index < -0.39 is 0 Å². The van der Waals surface area contributed by atoms with Gasteiger partial charge in [-0.15, -0.1) is 10.2 Å². The lowest BCUT2D eigenvalue weighted by Gasteiger charge is -2.02. The van der Waals surface area contributed by atoms with Gasteiger partial charge in [-0.3, -0.25) is 4.79 Å². The number of carbonyl (C=O) groups excluding carboxylic acids is 1. The minimum atomic E-state index is -0.148. The van der Waals surface area contributed by atoms with E-state index in [4.69, 9.17) is 0 Å². The Kier molecular flexibility index (Phi) is 4.85. The quantitative estimate of drug-likeness (QED) is 0.530. The smallest absolute Gasteiger partial charge is 0.236 e. The van der Waals surface area contributed by atoms with Crippen molar-refractivity contribution in [3.63, 3.8) is 0 Å². The lowest BCUT2D eigenvalue weighted by Crippen LogP contribution is -2.14. The van der Waals surface area contributed by atoms with Crippen molar-refractivity contribution in [3.8, 4) is 11.3 Å². The Morgan fingerprint density at radius 3 is 2.62 bits per heavy atom. The molecule has 0 spiro atoms. The van der Waals surface area contributed by atoms with Crippen LogP contribution in [0.1, 0.15) is 0 Å². The fourth-order valence-corrected chi connectivity index (χ4v) is 3.72. The summed E-state index contributed by atoms with van der Waals surface area (Å²) in [4.78, 5) is 20.8. The third-order valence-electron chi connectivity index (χ3n) is 3.48. The van der Waals surface area contributed by atoms with Gasteiger partial charge < -0.3 is 5.32 Å². The predicted octanol–water partition coefficient (Wildman–Crippen LogP) is 3.88. The second-order valence-electron chi connectivity index (χ2n) is 5.32. The highest BCUT2D eigenvalue weighted by molar-refractivity contribution is 7.99. The molecule has 4 rings (SSSR count). The Hall–Kier alpha value is -2.84. The molecule has 0 bridgehead atoms. The first-order chi connectivity index (χ1) is 12.8. The lowest BCUT2D eigenvalue weighted by atomic mass is 10.2. The van der Waals surface area contributed by atoms with Crippen LogP contribution in [0, 0.1) is 0 Å². The number of hydrogen-bond donors (Lipinski definition) is 1. The minimum Gasteiger partial charge on any atom is -0.301 e. The number of nitrogens with one attached hydrogen (secondary N) is 1. The van der Waals surface area contributed by atoms with Gasteiger partial charge >= 0.3 is 0 Å². The summed E-state index contributed by atoms with van der Waals surface area (Å²) in [6.07, 6.45) is 1.66. The monoisotopic (exact) mass is 379 g/mol. The summed E-state index contributed by atoms with van der Waals surface area (Å²) in [5.74, 6) is 0.0484. The molecule has 6 nitrogen and oxygen atoms in total. The number of thiazole rings is 1. The van der Waals surface area contributed by atoms with E-state index in [9.17, 15) is 4.79 Å². The molecule has 0 fully saturated rings. The van der Waals surface area contributed by atoms with Crippen LogP contribution in [0.25, 0.3) is 21.5 Å². The van der Waals surface area contributed by atoms with Crippen LogP contribution < -0.4 is 5.32 Å². The van der Waals surface area contributed by atoms with E-state index in [0.717, 1.165) is 15.8 Å². The molecule has 128 valence electrons. The molecule has 0 aliphatic heterocycles. The van der Waals surface area contributed by atoms with Crippen LogP contribution in [0.15, 0.2) is 66.0 Å². The Labute approximate surface area is 157 Å².